The topological polar surface area (TPSA) is 67.2 Å². The van der Waals surface area contributed by atoms with Gasteiger partial charge in [-0.3, -0.25) is 14.3 Å². The number of amides is 2. The third-order valence-corrected chi connectivity index (χ3v) is 5.34. The summed E-state index contributed by atoms with van der Waals surface area (Å²) in [5, 5.41) is 7.27. The minimum Gasteiger partial charge on any atom is -0.343 e. The van der Waals surface area contributed by atoms with Gasteiger partial charge in [0.25, 0.3) is 5.91 Å². The lowest BCUT2D eigenvalue weighted by Gasteiger charge is -2.30. The van der Waals surface area contributed by atoms with Crippen molar-refractivity contribution < 1.29 is 9.59 Å². The molecule has 6 nitrogen and oxygen atoms in total. The van der Waals surface area contributed by atoms with Crippen molar-refractivity contribution in [1.29, 1.82) is 0 Å². The van der Waals surface area contributed by atoms with Gasteiger partial charge in [0.2, 0.25) is 5.91 Å². The summed E-state index contributed by atoms with van der Waals surface area (Å²) >= 11 is 0. The van der Waals surface area contributed by atoms with Crippen LogP contribution in [0.15, 0.2) is 30.5 Å². The standard InChI is InChI=1S/C23H32N4O2/c1-22(2,3)18-9-7-16(8-10-18)21(29)24-14-20(28)26-12-11-19-17(15-26)13-25-27(19)23(4,5)6/h7-10,13H,11-12,14-15H2,1-6H3,(H,24,29). The third-order valence-electron chi connectivity index (χ3n) is 5.34. The van der Waals surface area contributed by atoms with Crippen LogP contribution in [0.4, 0.5) is 0 Å². The Labute approximate surface area is 173 Å². The van der Waals surface area contributed by atoms with Crippen LogP contribution < -0.4 is 5.32 Å². The van der Waals surface area contributed by atoms with Gasteiger partial charge in [-0.15, -0.1) is 0 Å². The van der Waals surface area contributed by atoms with Crippen molar-refractivity contribution in [2.24, 2.45) is 0 Å². The number of rotatable bonds is 3. The van der Waals surface area contributed by atoms with Crippen LogP contribution in [0.3, 0.4) is 0 Å². The number of aromatic nitrogens is 2. The Kier molecular flexibility index (Phi) is 5.57. The Bertz CT molecular complexity index is 898. The number of carbonyl (C=O) groups excluding carboxylic acids is 2. The van der Waals surface area contributed by atoms with Gasteiger partial charge in [0.05, 0.1) is 18.3 Å². The Morgan fingerprint density at radius 3 is 2.31 bits per heavy atom. The molecule has 3 rings (SSSR count). The van der Waals surface area contributed by atoms with Gasteiger partial charge in [-0.25, -0.2) is 0 Å². The van der Waals surface area contributed by atoms with Crippen LogP contribution >= 0.6 is 0 Å². The van der Waals surface area contributed by atoms with E-state index >= 15 is 0 Å². The van der Waals surface area contributed by atoms with E-state index in [2.05, 4.69) is 52.0 Å². The maximum absolute atomic E-state index is 12.6. The van der Waals surface area contributed by atoms with Gasteiger partial charge in [-0.1, -0.05) is 32.9 Å². The minimum atomic E-state index is -0.225. The highest BCUT2D eigenvalue weighted by molar-refractivity contribution is 5.96. The fourth-order valence-electron chi connectivity index (χ4n) is 3.61. The van der Waals surface area contributed by atoms with Gasteiger partial charge in [0, 0.05) is 36.3 Å². The molecular weight excluding hydrogens is 364 g/mol. The second-order valence-electron chi connectivity index (χ2n) is 9.77. The van der Waals surface area contributed by atoms with Gasteiger partial charge >= 0.3 is 0 Å². The maximum Gasteiger partial charge on any atom is 0.251 e. The summed E-state index contributed by atoms with van der Waals surface area (Å²) in [6.07, 6.45) is 2.63. The Morgan fingerprint density at radius 1 is 1.07 bits per heavy atom. The molecule has 1 aliphatic heterocycles. The second-order valence-corrected chi connectivity index (χ2v) is 9.77. The van der Waals surface area contributed by atoms with Crippen LogP contribution in [0.1, 0.15) is 68.7 Å². The van der Waals surface area contributed by atoms with E-state index in [0.29, 0.717) is 18.7 Å². The number of hydrogen-bond donors (Lipinski definition) is 1. The summed E-state index contributed by atoms with van der Waals surface area (Å²) in [6, 6.07) is 7.56. The molecule has 0 unspecified atom stereocenters. The maximum atomic E-state index is 12.6. The highest BCUT2D eigenvalue weighted by Gasteiger charge is 2.27. The number of carbonyl (C=O) groups is 2. The predicted molar refractivity (Wildman–Crippen MR) is 114 cm³/mol. The first-order valence-corrected chi connectivity index (χ1v) is 10.2. The number of nitrogens with zero attached hydrogens (tertiary/aromatic N) is 3. The molecule has 0 saturated heterocycles. The number of fused-ring (bicyclic) bond motifs is 1. The van der Waals surface area contributed by atoms with Crippen molar-refractivity contribution in [2.75, 3.05) is 13.1 Å². The molecule has 1 N–H and O–H groups in total. The first-order valence-electron chi connectivity index (χ1n) is 10.2. The van der Waals surface area contributed by atoms with Crippen LogP contribution in [0, 0.1) is 0 Å². The molecular formula is C23H32N4O2. The van der Waals surface area contributed by atoms with Gasteiger partial charge < -0.3 is 10.2 Å². The zero-order valence-electron chi connectivity index (χ0n) is 18.4. The molecule has 0 bridgehead atoms. The smallest absolute Gasteiger partial charge is 0.251 e. The summed E-state index contributed by atoms with van der Waals surface area (Å²) in [7, 11) is 0. The molecule has 0 aliphatic carbocycles. The van der Waals surface area contributed by atoms with Crippen molar-refractivity contribution in [3.8, 4) is 0 Å². The molecule has 1 aromatic carbocycles. The van der Waals surface area contributed by atoms with Crippen LogP contribution in [0.25, 0.3) is 0 Å². The zero-order valence-corrected chi connectivity index (χ0v) is 18.4. The molecule has 0 spiro atoms. The van der Waals surface area contributed by atoms with Crippen LogP contribution in [0.2, 0.25) is 0 Å². The molecule has 2 heterocycles. The zero-order chi connectivity index (χ0) is 21.4. The normalized spacial score (nSPS) is 14.5. The predicted octanol–water partition coefficient (Wildman–Crippen LogP) is 3.25. The molecule has 1 aromatic heterocycles. The van der Waals surface area contributed by atoms with Crippen molar-refractivity contribution >= 4 is 11.8 Å². The highest BCUT2D eigenvalue weighted by Crippen LogP contribution is 2.24. The molecule has 0 fully saturated rings. The number of hydrogen-bond acceptors (Lipinski definition) is 3. The molecule has 1 aliphatic rings. The van der Waals surface area contributed by atoms with Crippen molar-refractivity contribution in [3.05, 3.63) is 52.8 Å². The Balaban J connectivity index is 1.57. The molecule has 2 amide bonds. The van der Waals surface area contributed by atoms with Gasteiger partial charge in [0.1, 0.15) is 0 Å². The van der Waals surface area contributed by atoms with E-state index in [1.165, 1.54) is 11.3 Å². The molecule has 0 radical (unpaired) electrons. The molecule has 156 valence electrons. The second kappa shape index (κ2) is 7.65. The van der Waals surface area contributed by atoms with E-state index in [9.17, 15) is 9.59 Å². The lowest BCUT2D eigenvalue weighted by molar-refractivity contribution is -0.131. The fraction of sp³-hybridized carbons (Fsp3) is 0.522. The van der Waals surface area contributed by atoms with Gasteiger partial charge in [0.15, 0.2) is 0 Å². The van der Waals surface area contributed by atoms with Crippen LogP contribution in [-0.2, 0) is 28.7 Å². The lowest BCUT2D eigenvalue weighted by atomic mass is 9.87. The number of benzene rings is 1. The van der Waals surface area contributed by atoms with E-state index in [1.807, 2.05) is 35.1 Å². The molecule has 6 heteroatoms. The first-order chi connectivity index (χ1) is 13.5. The van der Waals surface area contributed by atoms with E-state index in [4.69, 9.17) is 0 Å². The Hall–Kier alpha value is -2.63. The number of nitrogens with one attached hydrogen (secondary N) is 1. The molecule has 0 atom stereocenters. The van der Waals surface area contributed by atoms with Crippen LogP contribution in [0.5, 0.6) is 0 Å². The van der Waals surface area contributed by atoms with E-state index in [-0.39, 0.29) is 29.3 Å². The SMILES string of the molecule is CC(C)(C)c1ccc(C(=O)NCC(=O)N2CCc3c(cnn3C(C)(C)C)C2)cc1. The quantitative estimate of drug-likeness (QED) is 0.866. The molecule has 29 heavy (non-hydrogen) atoms. The highest BCUT2D eigenvalue weighted by atomic mass is 16.2. The lowest BCUT2D eigenvalue weighted by Crippen LogP contribution is -2.43. The average Bonchev–Trinajstić information content (AvgIpc) is 3.08. The van der Waals surface area contributed by atoms with Gasteiger partial charge in [-0.2, -0.15) is 5.10 Å². The van der Waals surface area contributed by atoms with E-state index in [0.717, 1.165) is 12.0 Å². The monoisotopic (exact) mass is 396 g/mol. The summed E-state index contributed by atoms with van der Waals surface area (Å²) in [5.74, 6) is -0.295. The molecule has 0 saturated carbocycles. The van der Waals surface area contributed by atoms with Crippen molar-refractivity contribution in [2.45, 2.75) is 65.5 Å². The summed E-state index contributed by atoms with van der Waals surface area (Å²) in [5.41, 5.74) is 3.99. The Morgan fingerprint density at radius 2 is 1.72 bits per heavy atom. The van der Waals surface area contributed by atoms with E-state index < -0.39 is 0 Å². The largest absolute Gasteiger partial charge is 0.343 e. The summed E-state index contributed by atoms with van der Waals surface area (Å²) in [6.45, 7) is 14.0. The minimum absolute atomic E-state index is 0.00258. The summed E-state index contributed by atoms with van der Waals surface area (Å²) in [4.78, 5) is 26.8. The summed E-state index contributed by atoms with van der Waals surface area (Å²) < 4.78 is 2.05. The van der Waals surface area contributed by atoms with Crippen molar-refractivity contribution in [1.82, 2.24) is 20.0 Å². The molecule has 2 aromatic rings. The van der Waals surface area contributed by atoms with Gasteiger partial charge in [-0.05, 0) is 43.9 Å². The van der Waals surface area contributed by atoms with E-state index in [1.54, 1.807) is 4.90 Å². The van der Waals surface area contributed by atoms with Crippen molar-refractivity contribution in [3.63, 3.8) is 0 Å². The van der Waals surface area contributed by atoms with Crippen LogP contribution in [-0.4, -0.2) is 39.6 Å². The average molecular weight is 397 g/mol. The first kappa shape index (κ1) is 21.1. The fourth-order valence-corrected chi connectivity index (χ4v) is 3.61. The third kappa shape index (κ3) is 4.69.